The maximum Gasteiger partial charge on any atom is 0.337 e. The Hall–Kier alpha value is -3.45. The van der Waals surface area contributed by atoms with Gasteiger partial charge in [0.05, 0.1) is 24.0 Å². The van der Waals surface area contributed by atoms with Gasteiger partial charge in [-0.05, 0) is 35.4 Å². The van der Waals surface area contributed by atoms with E-state index in [-0.39, 0.29) is 18.7 Å². The zero-order valence-corrected chi connectivity index (χ0v) is 17.5. The molecule has 0 radical (unpaired) electrons. The third-order valence-corrected chi connectivity index (χ3v) is 4.77. The fourth-order valence-corrected chi connectivity index (χ4v) is 3.04. The molecule has 7 heteroatoms. The van der Waals surface area contributed by atoms with Crippen LogP contribution in [0.2, 0.25) is 0 Å². The molecule has 0 atom stereocenters. The highest BCUT2D eigenvalue weighted by molar-refractivity contribution is 9.10. The van der Waals surface area contributed by atoms with Crippen LogP contribution in [0.5, 0.6) is 0 Å². The molecule has 0 bridgehead atoms. The SMILES string of the molecule is O=C(O)c1ccccc1N(Cc1ccc(Br)cc1)C(=O)CON=Cc1ccccc1. The lowest BCUT2D eigenvalue weighted by molar-refractivity contribution is -0.123. The maximum absolute atomic E-state index is 12.9. The Balaban J connectivity index is 1.80. The lowest BCUT2D eigenvalue weighted by Crippen LogP contribution is -2.34. The summed E-state index contributed by atoms with van der Waals surface area (Å²) in [5.41, 5.74) is 2.02. The van der Waals surface area contributed by atoms with E-state index in [4.69, 9.17) is 4.84 Å². The Labute approximate surface area is 182 Å². The minimum atomic E-state index is -1.11. The average Bonchev–Trinajstić information content (AvgIpc) is 2.77. The van der Waals surface area contributed by atoms with E-state index in [1.165, 1.54) is 17.2 Å². The molecule has 1 amide bonds. The molecule has 0 aliphatic rings. The van der Waals surface area contributed by atoms with Crippen molar-refractivity contribution in [2.45, 2.75) is 6.54 Å². The number of oxime groups is 1. The Morgan fingerprint density at radius 2 is 1.63 bits per heavy atom. The summed E-state index contributed by atoms with van der Waals surface area (Å²) in [4.78, 5) is 31.2. The molecule has 0 aliphatic heterocycles. The van der Waals surface area contributed by atoms with Gasteiger partial charge in [0.2, 0.25) is 0 Å². The number of anilines is 1. The normalized spacial score (nSPS) is 10.7. The smallest absolute Gasteiger partial charge is 0.337 e. The number of rotatable bonds is 8. The van der Waals surface area contributed by atoms with Crippen molar-refractivity contribution in [3.63, 3.8) is 0 Å². The molecule has 3 rings (SSSR count). The second kappa shape index (κ2) is 10.4. The summed E-state index contributed by atoms with van der Waals surface area (Å²) in [6.07, 6.45) is 1.51. The third-order valence-electron chi connectivity index (χ3n) is 4.24. The van der Waals surface area contributed by atoms with Crippen LogP contribution in [-0.2, 0) is 16.2 Å². The number of carboxylic acids is 1. The molecule has 0 aliphatic carbocycles. The van der Waals surface area contributed by atoms with Crippen molar-refractivity contribution < 1.29 is 19.5 Å². The van der Waals surface area contributed by atoms with Crippen molar-refractivity contribution in [2.24, 2.45) is 5.16 Å². The number of nitrogens with zero attached hydrogens (tertiary/aromatic N) is 2. The van der Waals surface area contributed by atoms with Crippen molar-refractivity contribution in [1.82, 2.24) is 0 Å². The molecule has 152 valence electrons. The number of carbonyl (C=O) groups is 2. The second-order valence-electron chi connectivity index (χ2n) is 6.35. The van der Waals surface area contributed by atoms with Crippen LogP contribution in [0.3, 0.4) is 0 Å². The molecule has 30 heavy (non-hydrogen) atoms. The van der Waals surface area contributed by atoms with E-state index < -0.39 is 11.9 Å². The van der Waals surface area contributed by atoms with E-state index in [9.17, 15) is 14.7 Å². The predicted octanol–water partition coefficient (Wildman–Crippen LogP) is 4.73. The van der Waals surface area contributed by atoms with Crippen LogP contribution in [0.1, 0.15) is 21.5 Å². The Morgan fingerprint density at radius 3 is 2.33 bits per heavy atom. The number of aromatic carboxylic acids is 1. The highest BCUT2D eigenvalue weighted by Gasteiger charge is 2.22. The van der Waals surface area contributed by atoms with E-state index >= 15 is 0 Å². The Morgan fingerprint density at radius 1 is 0.967 bits per heavy atom. The van der Waals surface area contributed by atoms with Gasteiger partial charge < -0.3 is 14.8 Å². The zero-order valence-electron chi connectivity index (χ0n) is 15.9. The van der Waals surface area contributed by atoms with Crippen LogP contribution in [-0.4, -0.2) is 29.8 Å². The quantitative estimate of drug-likeness (QED) is 0.384. The van der Waals surface area contributed by atoms with Gasteiger partial charge in [-0.3, -0.25) is 4.79 Å². The second-order valence-corrected chi connectivity index (χ2v) is 7.26. The van der Waals surface area contributed by atoms with Gasteiger partial charge in [0, 0.05) is 4.47 Å². The number of hydrogen-bond acceptors (Lipinski definition) is 4. The van der Waals surface area contributed by atoms with E-state index in [0.29, 0.717) is 5.69 Å². The lowest BCUT2D eigenvalue weighted by atomic mass is 10.1. The summed E-state index contributed by atoms with van der Waals surface area (Å²) >= 11 is 3.38. The van der Waals surface area contributed by atoms with Crippen LogP contribution in [0.25, 0.3) is 0 Å². The van der Waals surface area contributed by atoms with E-state index in [1.54, 1.807) is 18.2 Å². The Kier molecular flexibility index (Phi) is 7.34. The fraction of sp³-hybridized carbons (Fsp3) is 0.0870. The molecule has 0 fully saturated rings. The number of hydrogen-bond donors (Lipinski definition) is 1. The van der Waals surface area contributed by atoms with Crippen molar-refractivity contribution >= 4 is 39.7 Å². The van der Waals surface area contributed by atoms with Gasteiger partial charge in [-0.2, -0.15) is 0 Å². The Bertz CT molecular complexity index is 1040. The molecule has 0 spiro atoms. The van der Waals surface area contributed by atoms with E-state index in [1.807, 2.05) is 54.6 Å². The first kappa shape index (κ1) is 21.3. The van der Waals surface area contributed by atoms with Crippen LogP contribution in [0.4, 0.5) is 5.69 Å². The summed E-state index contributed by atoms with van der Waals surface area (Å²) in [5, 5.41) is 13.4. The van der Waals surface area contributed by atoms with Crippen molar-refractivity contribution in [3.8, 4) is 0 Å². The summed E-state index contributed by atoms with van der Waals surface area (Å²) in [6, 6.07) is 23.2. The number of amides is 1. The molecule has 3 aromatic rings. The minimum absolute atomic E-state index is 0.0377. The third kappa shape index (κ3) is 5.78. The van der Waals surface area contributed by atoms with Gasteiger partial charge >= 0.3 is 5.97 Å². The first-order valence-corrected chi connectivity index (χ1v) is 9.91. The first-order valence-electron chi connectivity index (χ1n) is 9.12. The van der Waals surface area contributed by atoms with Gasteiger partial charge in [0.1, 0.15) is 0 Å². The number of carboxylic acid groups (broad SMARTS) is 1. The van der Waals surface area contributed by atoms with Gasteiger partial charge in [-0.25, -0.2) is 4.79 Å². The van der Waals surface area contributed by atoms with Crippen LogP contribution in [0.15, 0.2) is 88.5 Å². The fourth-order valence-electron chi connectivity index (χ4n) is 2.78. The minimum Gasteiger partial charge on any atom is -0.478 e. The molecule has 1 N–H and O–H groups in total. The zero-order chi connectivity index (χ0) is 21.3. The monoisotopic (exact) mass is 466 g/mol. The first-order chi connectivity index (χ1) is 14.5. The molecule has 0 heterocycles. The average molecular weight is 467 g/mol. The molecular weight excluding hydrogens is 448 g/mol. The highest BCUT2D eigenvalue weighted by atomic mass is 79.9. The maximum atomic E-state index is 12.9. The van der Waals surface area contributed by atoms with Crippen LogP contribution >= 0.6 is 15.9 Å². The summed E-state index contributed by atoms with van der Waals surface area (Å²) in [6.45, 7) is -0.129. The van der Waals surface area contributed by atoms with Gasteiger partial charge in [0.25, 0.3) is 5.91 Å². The van der Waals surface area contributed by atoms with Crippen molar-refractivity contribution in [3.05, 3.63) is 100 Å². The molecule has 6 nitrogen and oxygen atoms in total. The molecule has 0 saturated heterocycles. The summed E-state index contributed by atoms with van der Waals surface area (Å²) in [7, 11) is 0. The van der Waals surface area contributed by atoms with Gasteiger partial charge in [-0.15, -0.1) is 0 Å². The van der Waals surface area contributed by atoms with Crippen LogP contribution < -0.4 is 4.90 Å². The van der Waals surface area contributed by atoms with Crippen LogP contribution in [0, 0.1) is 0 Å². The molecule has 3 aromatic carbocycles. The topological polar surface area (TPSA) is 79.2 Å². The number of halogens is 1. The standard InChI is InChI=1S/C23H19BrN2O4/c24-19-12-10-18(11-13-19)15-26(21-9-5-4-8-20(21)23(28)29)22(27)16-30-25-14-17-6-2-1-3-7-17/h1-14H,15-16H2,(H,28,29). The largest absolute Gasteiger partial charge is 0.478 e. The van der Waals surface area contributed by atoms with Gasteiger partial charge in [-0.1, -0.05) is 75.7 Å². The number of para-hydroxylation sites is 1. The lowest BCUT2D eigenvalue weighted by Gasteiger charge is -2.24. The van der Waals surface area contributed by atoms with E-state index in [2.05, 4.69) is 21.1 Å². The van der Waals surface area contributed by atoms with Crippen molar-refractivity contribution in [2.75, 3.05) is 11.5 Å². The molecule has 0 unspecified atom stereocenters. The molecule has 0 saturated carbocycles. The molecule has 0 aromatic heterocycles. The van der Waals surface area contributed by atoms with Crippen molar-refractivity contribution in [1.29, 1.82) is 0 Å². The number of benzene rings is 3. The molecular formula is C23H19BrN2O4. The highest BCUT2D eigenvalue weighted by Crippen LogP contribution is 2.23. The summed E-state index contributed by atoms with van der Waals surface area (Å²) < 4.78 is 0.911. The van der Waals surface area contributed by atoms with Gasteiger partial charge in [0.15, 0.2) is 6.61 Å². The number of carbonyl (C=O) groups excluding carboxylic acids is 1. The predicted molar refractivity (Wildman–Crippen MR) is 119 cm³/mol. The van der Waals surface area contributed by atoms with E-state index in [0.717, 1.165) is 15.6 Å². The summed E-state index contributed by atoms with van der Waals surface area (Å²) in [5.74, 6) is -1.51.